The Labute approximate surface area is 114 Å². The van der Waals surface area contributed by atoms with Gasteiger partial charge in [0.1, 0.15) is 0 Å². The summed E-state index contributed by atoms with van der Waals surface area (Å²) >= 11 is 0. The Bertz CT molecular complexity index is 567. The molecule has 0 saturated heterocycles. The summed E-state index contributed by atoms with van der Waals surface area (Å²) in [6.45, 7) is 9.64. The molecule has 1 heterocycles. The number of anilines is 1. The van der Waals surface area contributed by atoms with Crippen molar-refractivity contribution in [3.8, 4) is 0 Å². The number of carbonyl (C=O) groups is 1. The van der Waals surface area contributed by atoms with Crippen molar-refractivity contribution in [2.24, 2.45) is 0 Å². The molecular weight excluding hydrogens is 259 g/mol. The maximum absolute atomic E-state index is 13.1. The molecule has 0 spiro atoms. The van der Waals surface area contributed by atoms with Gasteiger partial charge in [-0.25, -0.2) is 4.79 Å². The van der Waals surface area contributed by atoms with Crippen molar-refractivity contribution in [1.29, 1.82) is 0 Å². The lowest BCUT2D eigenvalue weighted by molar-refractivity contribution is 0.229. The van der Waals surface area contributed by atoms with E-state index in [1.165, 1.54) is 4.67 Å². The van der Waals surface area contributed by atoms with Crippen molar-refractivity contribution < 1.29 is 9.36 Å². The standard InChI is InChI=1S/C14H21N2O2P/c1-9(2)11-6-7-12-13(8-11)19(5,18)16(10(3)4)14(17)15-12/h6-10H,1-5H3,(H,15,17). The van der Waals surface area contributed by atoms with E-state index in [0.717, 1.165) is 10.9 Å². The van der Waals surface area contributed by atoms with Crippen LogP contribution in [0.25, 0.3) is 0 Å². The second kappa shape index (κ2) is 4.68. The zero-order valence-corrected chi connectivity index (χ0v) is 13.0. The summed E-state index contributed by atoms with van der Waals surface area (Å²) in [5, 5.41) is 3.58. The Balaban J connectivity index is 2.60. The molecule has 0 aromatic heterocycles. The Hall–Kier alpha value is -1.28. The monoisotopic (exact) mass is 280 g/mol. The van der Waals surface area contributed by atoms with E-state index < -0.39 is 7.29 Å². The first-order valence-corrected chi connectivity index (χ1v) is 8.68. The number of carbonyl (C=O) groups excluding carboxylic acids is 1. The highest BCUT2D eigenvalue weighted by molar-refractivity contribution is 7.69. The molecule has 0 aliphatic carbocycles. The average molecular weight is 280 g/mol. The van der Waals surface area contributed by atoms with Gasteiger partial charge in [0.05, 0.1) is 11.0 Å². The lowest BCUT2D eigenvalue weighted by Crippen LogP contribution is -2.44. The number of benzene rings is 1. The largest absolute Gasteiger partial charge is 0.327 e. The summed E-state index contributed by atoms with van der Waals surface area (Å²) in [6.07, 6.45) is 0. The highest BCUT2D eigenvalue weighted by atomic mass is 31.2. The maximum Gasteiger partial charge on any atom is 0.327 e. The van der Waals surface area contributed by atoms with Crippen molar-refractivity contribution in [2.45, 2.75) is 39.7 Å². The van der Waals surface area contributed by atoms with E-state index in [0.29, 0.717) is 11.6 Å². The second-order valence-corrected chi connectivity index (χ2v) is 8.35. The van der Waals surface area contributed by atoms with E-state index >= 15 is 0 Å². The summed E-state index contributed by atoms with van der Waals surface area (Å²) in [6, 6.07) is 5.44. The Morgan fingerprint density at radius 3 is 2.37 bits per heavy atom. The minimum atomic E-state index is -2.84. The van der Waals surface area contributed by atoms with Gasteiger partial charge in [0.25, 0.3) is 0 Å². The Morgan fingerprint density at radius 1 is 1.21 bits per heavy atom. The van der Waals surface area contributed by atoms with Crippen LogP contribution in [0.15, 0.2) is 18.2 Å². The third-order valence-corrected chi connectivity index (χ3v) is 6.22. The van der Waals surface area contributed by atoms with E-state index in [1.807, 2.05) is 32.0 Å². The quantitative estimate of drug-likeness (QED) is 0.841. The molecule has 1 atom stereocenters. The summed E-state index contributed by atoms with van der Waals surface area (Å²) in [4.78, 5) is 12.1. The van der Waals surface area contributed by atoms with E-state index in [1.54, 1.807) is 6.66 Å². The Kier molecular flexibility index (Phi) is 3.48. The molecule has 1 aliphatic rings. The van der Waals surface area contributed by atoms with E-state index in [4.69, 9.17) is 0 Å². The van der Waals surface area contributed by atoms with Crippen LogP contribution >= 0.6 is 7.29 Å². The molecule has 0 radical (unpaired) electrons. The second-order valence-electron chi connectivity index (χ2n) is 5.68. The van der Waals surface area contributed by atoms with Crippen LogP contribution in [0.4, 0.5) is 10.5 Å². The van der Waals surface area contributed by atoms with Crippen LogP contribution in [0.2, 0.25) is 0 Å². The molecule has 1 unspecified atom stereocenters. The van der Waals surface area contributed by atoms with Gasteiger partial charge in [0.15, 0.2) is 0 Å². The fourth-order valence-corrected chi connectivity index (χ4v) is 4.97. The molecule has 2 rings (SSSR count). The van der Waals surface area contributed by atoms with Crippen molar-refractivity contribution in [2.75, 3.05) is 12.0 Å². The molecule has 1 aliphatic heterocycles. The van der Waals surface area contributed by atoms with E-state index in [9.17, 15) is 9.36 Å². The number of nitrogens with one attached hydrogen (secondary N) is 1. The summed E-state index contributed by atoms with van der Waals surface area (Å²) in [5.41, 5.74) is 1.82. The van der Waals surface area contributed by atoms with E-state index in [2.05, 4.69) is 19.2 Å². The molecule has 2 amide bonds. The number of amides is 2. The van der Waals surface area contributed by atoms with Crippen molar-refractivity contribution >= 4 is 24.3 Å². The topological polar surface area (TPSA) is 49.4 Å². The lowest BCUT2D eigenvalue weighted by atomic mass is 10.0. The van der Waals surface area contributed by atoms with Crippen LogP contribution < -0.4 is 10.6 Å². The lowest BCUT2D eigenvalue weighted by Gasteiger charge is -2.38. The zero-order chi connectivity index (χ0) is 14.4. The highest BCUT2D eigenvalue weighted by Crippen LogP contribution is 2.51. The van der Waals surface area contributed by atoms with Gasteiger partial charge in [0.2, 0.25) is 7.29 Å². The van der Waals surface area contributed by atoms with Crippen LogP contribution in [-0.2, 0) is 4.57 Å². The normalized spacial score (nSPS) is 22.7. The van der Waals surface area contributed by atoms with Gasteiger partial charge in [-0.3, -0.25) is 9.24 Å². The molecule has 1 aromatic carbocycles. The minimum absolute atomic E-state index is 0.0910. The predicted molar refractivity (Wildman–Crippen MR) is 79.7 cm³/mol. The third-order valence-electron chi connectivity index (χ3n) is 3.49. The SMILES string of the molecule is CC(C)c1ccc2c(c1)P(C)(=O)N(C(C)C)C(=O)N2. The van der Waals surface area contributed by atoms with Gasteiger partial charge in [-0.05, 0) is 37.5 Å². The molecular formula is C14H21N2O2P. The van der Waals surface area contributed by atoms with Gasteiger partial charge >= 0.3 is 6.03 Å². The fraction of sp³-hybridized carbons (Fsp3) is 0.500. The molecule has 0 bridgehead atoms. The third kappa shape index (κ3) is 2.30. The summed E-state index contributed by atoms with van der Waals surface area (Å²) < 4.78 is 14.6. The molecule has 1 aromatic rings. The number of hydrogen-bond donors (Lipinski definition) is 1. The van der Waals surface area contributed by atoms with Crippen molar-refractivity contribution in [3.05, 3.63) is 23.8 Å². The number of hydrogen-bond acceptors (Lipinski definition) is 2. The number of nitrogens with zero attached hydrogens (tertiary/aromatic N) is 1. The first-order chi connectivity index (χ1) is 8.75. The van der Waals surface area contributed by atoms with Crippen LogP contribution in [0.3, 0.4) is 0 Å². The van der Waals surface area contributed by atoms with Crippen LogP contribution in [0, 0.1) is 0 Å². The number of rotatable bonds is 2. The molecule has 19 heavy (non-hydrogen) atoms. The van der Waals surface area contributed by atoms with Gasteiger partial charge < -0.3 is 5.32 Å². The summed E-state index contributed by atoms with van der Waals surface area (Å²) in [5.74, 6) is 0.371. The van der Waals surface area contributed by atoms with E-state index in [-0.39, 0.29) is 12.1 Å². The number of fused-ring (bicyclic) bond motifs is 1. The van der Waals surface area contributed by atoms with Crippen molar-refractivity contribution in [3.63, 3.8) is 0 Å². The molecule has 104 valence electrons. The minimum Gasteiger partial charge on any atom is -0.307 e. The first-order valence-electron chi connectivity index (χ1n) is 6.58. The van der Waals surface area contributed by atoms with Gasteiger partial charge in [-0.15, -0.1) is 0 Å². The highest BCUT2D eigenvalue weighted by Gasteiger charge is 2.39. The Morgan fingerprint density at radius 2 is 1.84 bits per heavy atom. The first kappa shape index (κ1) is 14.1. The maximum atomic E-state index is 13.1. The van der Waals surface area contributed by atoms with Gasteiger partial charge in [-0.2, -0.15) is 0 Å². The van der Waals surface area contributed by atoms with Crippen molar-refractivity contribution in [1.82, 2.24) is 4.67 Å². The van der Waals surface area contributed by atoms with Gasteiger partial charge in [0, 0.05) is 12.7 Å². The smallest absolute Gasteiger partial charge is 0.307 e. The molecule has 0 fully saturated rings. The van der Waals surface area contributed by atoms with Crippen LogP contribution in [0.1, 0.15) is 39.2 Å². The van der Waals surface area contributed by atoms with Gasteiger partial charge in [-0.1, -0.05) is 19.9 Å². The molecule has 4 nitrogen and oxygen atoms in total. The zero-order valence-electron chi connectivity index (χ0n) is 12.1. The fourth-order valence-electron chi connectivity index (χ4n) is 2.49. The predicted octanol–water partition coefficient (Wildman–Crippen LogP) is 3.60. The molecule has 0 saturated carbocycles. The average Bonchev–Trinajstić information content (AvgIpc) is 2.26. The summed E-state index contributed by atoms with van der Waals surface area (Å²) in [7, 11) is -2.84. The van der Waals surface area contributed by atoms with Crippen LogP contribution in [0.5, 0.6) is 0 Å². The van der Waals surface area contributed by atoms with Crippen LogP contribution in [-0.4, -0.2) is 23.4 Å². The molecule has 5 heteroatoms. The number of urea groups is 1. The molecule has 1 N–H and O–H groups in total.